The van der Waals surface area contributed by atoms with Gasteiger partial charge >= 0.3 is 5.97 Å². The third-order valence-corrected chi connectivity index (χ3v) is 3.08. The van der Waals surface area contributed by atoms with E-state index >= 15 is 0 Å². The van der Waals surface area contributed by atoms with Gasteiger partial charge in [0.25, 0.3) is 5.91 Å². The molecule has 2 aromatic rings. The van der Waals surface area contributed by atoms with E-state index in [4.69, 9.17) is 9.15 Å². The lowest BCUT2D eigenvalue weighted by molar-refractivity contribution is -0.143. The Bertz CT molecular complexity index is 660. The maximum Gasteiger partial charge on any atom is 0.331 e. The van der Waals surface area contributed by atoms with Crippen molar-refractivity contribution < 1.29 is 18.7 Å². The molecule has 5 nitrogen and oxygen atoms in total. The summed E-state index contributed by atoms with van der Waals surface area (Å²) in [6.07, 6.45) is 4.23. The fourth-order valence-corrected chi connectivity index (χ4v) is 2.11. The zero-order chi connectivity index (χ0) is 16.7. The fourth-order valence-electron chi connectivity index (χ4n) is 2.11. The maximum atomic E-state index is 12.3. The summed E-state index contributed by atoms with van der Waals surface area (Å²) in [4.78, 5) is 25.6. The molecule has 1 heterocycles. The van der Waals surface area contributed by atoms with Crippen molar-refractivity contribution in [2.45, 2.75) is 19.9 Å². The number of furan rings is 1. The Labute approximate surface area is 135 Å². The van der Waals surface area contributed by atoms with Crippen LogP contribution in [0.25, 0.3) is 6.08 Å². The lowest BCUT2D eigenvalue weighted by Crippen LogP contribution is -2.39. The van der Waals surface area contributed by atoms with Gasteiger partial charge in [-0.05, 0) is 44.2 Å². The number of ether oxygens (including phenoxy) is 1. The van der Waals surface area contributed by atoms with Gasteiger partial charge in [-0.2, -0.15) is 0 Å². The molecular weight excluding hydrogens is 294 g/mol. The second-order valence-electron chi connectivity index (χ2n) is 5.15. The molecule has 0 radical (unpaired) electrons. The Balaban J connectivity index is 1.93. The number of nitrogens with zero attached hydrogens (tertiary/aromatic N) is 1. The van der Waals surface area contributed by atoms with Crippen molar-refractivity contribution in [2.24, 2.45) is 0 Å². The van der Waals surface area contributed by atoms with E-state index < -0.39 is 5.97 Å². The Morgan fingerprint density at radius 3 is 2.52 bits per heavy atom. The molecule has 0 unspecified atom stereocenters. The van der Waals surface area contributed by atoms with Gasteiger partial charge in [0.15, 0.2) is 6.61 Å². The molecule has 1 amide bonds. The summed E-state index contributed by atoms with van der Waals surface area (Å²) in [6.45, 7) is 3.50. The van der Waals surface area contributed by atoms with Crippen LogP contribution in [0.2, 0.25) is 0 Å². The lowest BCUT2D eigenvalue weighted by Gasteiger charge is -2.26. The van der Waals surface area contributed by atoms with Crippen molar-refractivity contribution >= 4 is 23.6 Å². The molecule has 5 heteroatoms. The molecule has 0 saturated carbocycles. The van der Waals surface area contributed by atoms with E-state index in [1.807, 2.05) is 44.2 Å². The zero-order valence-corrected chi connectivity index (χ0v) is 13.1. The molecule has 0 bridgehead atoms. The predicted octanol–water partition coefficient (Wildman–Crippen LogP) is 3.28. The van der Waals surface area contributed by atoms with Crippen LogP contribution in [-0.2, 0) is 14.3 Å². The Morgan fingerprint density at radius 1 is 1.17 bits per heavy atom. The quantitative estimate of drug-likeness (QED) is 0.606. The summed E-state index contributed by atoms with van der Waals surface area (Å²) in [6, 6.07) is 12.7. The van der Waals surface area contributed by atoms with E-state index in [0.717, 1.165) is 5.69 Å². The second-order valence-corrected chi connectivity index (χ2v) is 5.15. The van der Waals surface area contributed by atoms with Gasteiger partial charge in [0.1, 0.15) is 5.76 Å². The lowest BCUT2D eigenvalue weighted by atomic mass is 10.2. The molecule has 120 valence electrons. The SMILES string of the molecule is CC(C)N(C(=O)COC(=O)/C=C/c1ccco1)c1ccccc1. The van der Waals surface area contributed by atoms with E-state index in [2.05, 4.69) is 0 Å². The highest BCUT2D eigenvalue weighted by Gasteiger charge is 2.19. The number of benzene rings is 1. The standard InChI is InChI=1S/C18H19NO4/c1-14(2)19(15-7-4-3-5-8-15)17(20)13-23-18(21)11-10-16-9-6-12-22-16/h3-12,14H,13H2,1-2H3/b11-10+. The van der Waals surface area contributed by atoms with Crippen molar-refractivity contribution in [3.8, 4) is 0 Å². The second kappa shape index (κ2) is 7.98. The molecule has 0 spiro atoms. The highest BCUT2D eigenvalue weighted by Crippen LogP contribution is 2.16. The van der Waals surface area contributed by atoms with Crippen LogP contribution >= 0.6 is 0 Å². The predicted molar refractivity (Wildman–Crippen MR) is 87.8 cm³/mol. The molecular formula is C18H19NO4. The molecule has 0 N–H and O–H groups in total. The van der Waals surface area contributed by atoms with Crippen LogP contribution in [0, 0.1) is 0 Å². The van der Waals surface area contributed by atoms with E-state index in [9.17, 15) is 9.59 Å². The first-order valence-electron chi connectivity index (χ1n) is 7.33. The number of anilines is 1. The summed E-state index contributed by atoms with van der Waals surface area (Å²) < 4.78 is 10.1. The minimum absolute atomic E-state index is 0.0396. The topological polar surface area (TPSA) is 59.8 Å². The fraction of sp³-hybridized carbons (Fsp3) is 0.222. The first kappa shape index (κ1) is 16.5. The number of carbonyl (C=O) groups excluding carboxylic acids is 2. The average molecular weight is 313 g/mol. The van der Waals surface area contributed by atoms with Crippen LogP contribution < -0.4 is 4.90 Å². The molecule has 1 aromatic heterocycles. The number of esters is 1. The van der Waals surface area contributed by atoms with Gasteiger partial charge in [-0.1, -0.05) is 18.2 Å². The number of hydrogen-bond acceptors (Lipinski definition) is 4. The van der Waals surface area contributed by atoms with Crippen molar-refractivity contribution in [2.75, 3.05) is 11.5 Å². The molecule has 0 saturated heterocycles. The Morgan fingerprint density at radius 2 is 1.91 bits per heavy atom. The summed E-state index contributed by atoms with van der Waals surface area (Å²) in [5.41, 5.74) is 0.773. The normalized spacial score (nSPS) is 10.9. The molecule has 1 aromatic carbocycles. The first-order valence-corrected chi connectivity index (χ1v) is 7.33. The molecule has 23 heavy (non-hydrogen) atoms. The largest absolute Gasteiger partial charge is 0.465 e. The summed E-state index contributed by atoms with van der Waals surface area (Å²) in [5, 5.41) is 0. The van der Waals surface area contributed by atoms with Crippen LogP contribution in [0.3, 0.4) is 0 Å². The molecule has 0 aliphatic heterocycles. The summed E-state index contributed by atoms with van der Waals surface area (Å²) in [7, 11) is 0. The average Bonchev–Trinajstić information content (AvgIpc) is 3.05. The third kappa shape index (κ3) is 4.85. The number of carbonyl (C=O) groups is 2. The Hall–Kier alpha value is -2.82. The van der Waals surface area contributed by atoms with Gasteiger partial charge in [0, 0.05) is 17.8 Å². The van der Waals surface area contributed by atoms with E-state index in [0.29, 0.717) is 5.76 Å². The van der Waals surface area contributed by atoms with Gasteiger partial charge in [-0.15, -0.1) is 0 Å². The highest BCUT2D eigenvalue weighted by atomic mass is 16.5. The number of para-hydroxylation sites is 1. The third-order valence-electron chi connectivity index (χ3n) is 3.08. The number of amides is 1. The molecule has 0 fully saturated rings. The van der Waals surface area contributed by atoms with Crippen molar-refractivity contribution in [3.63, 3.8) is 0 Å². The van der Waals surface area contributed by atoms with Gasteiger partial charge in [-0.3, -0.25) is 4.79 Å². The van der Waals surface area contributed by atoms with Crippen LogP contribution in [-0.4, -0.2) is 24.5 Å². The van der Waals surface area contributed by atoms with Crippen LogP contribution in [0.4, 0.5) is 5.69 Å². The molecule has 2 rings (SSSR count). The zero-order valence-electron chi connectivity index (χ0n) is 13.1. The molecule has 0 aliphatic carbocycles. The van der Waals surface area contributed by atoms with Crippen molar-refractivity contribution in [1.29, 1.82) is 0 Å². The van der Waals surface area contributed by atoms with E-state index in [1.165, 1.54) is 18.4 Å². The summed E-state index contributed by atoms with van der Waals surface area (Å²) >= 11 is 0. The highest BCUT2D eigenvalue weighted by molar-refractivity contribution is 5.96. The first-order chi connectivity index (χ1) is 11.1. The van der Waals surface area contributed by atoms with Gasteiger partial charge < -0.3 is 14.1 Å². The van der Waals surface area contributed by atoms with Crippen molar-refractivity contribution in [3.05, 3.63) is 60.6 Å². The van der Waals surface area contributed by atoms with E-state index in [-0.39, 0.29) is 18.6 Å². The number of hydrogen-bond donors (Lipinski definition) is 0. The van der Waals surface area contributed by atoms with Crippen molar-refractivity contribution in [1.82, 2.24) is 0 Å². The van der Waals surface area contributed by atoms with Crippen LogP contribution in [0.15, 0.2) is 59.2 Å². The van der Waals surface area contributed by atoms with Gasteiger partial charge in [-0.25, -0.2) is 4.79 Å². The number of rotatable bonds is 6. The monoisotopic (exact) mass is 313 g/mol. The smallest absolute Gasteiger partial charge is 0.331 e. The minimum atomic E-state index is -0.591. The maximum absolute atomic E-state index is 12.3. The molecule has 0 aliphatic rings. The van der Waals surface area contributed by atoms with Gasteiger partial charge in [0.2, 0.25) is 0 Å². The van der Waals surface area contributed by atoms with Crippen LogP contribution in [0.5, 0.6) is 0 Å². The Kier molecular flexibility index (Phi) is 5.74. The van der Waals surface area contributed by atoms with Crippen LogP contribution in [0.1, 0.15) is 19.6 Å². The van der Waals surface area contributed by atoms with E-state index in [1.54, 1.807) is 17.0 Å². The van der Waals surface area contributed by atoms with Gasteiger partial charge in [0.05, 0.1) is 6.26 Å². The molecule has 0 atom stereocenters. The minimum Gasteiger partial charge on any atom is -0.465 e. The summed E-state index contributed by atoms with van der Waals surface area (Å²) in [5.74, 6) is -0.321.